The third-order valence-electron chi connectivity index (χ3n) is 6.64. The second-order valence-corrected chi connectivity index (χ2v) is 17.5. The van der Waals surface area contributed by atoms with Crippen LogP contribution in [0.3, 0.4) is 0 Å². The van der Waals surface area contributed by atoms with Crippen LogP contribution < -0.4 is 0 Å². The highest BCUT2D eigenvalue weighted by Gasteiger charge is 2.26. The van der Waals surface area contributed by atoms with Gasteiger partial charge in [0, 0.05) is 32.2 Å². The van der Waals surface area contributed by atoms with Gasteiger partial charge in [-0.25, -0.2) is 9.67 Å². The lowest BCUT2D eigenvalue weighted by molar-refractivity contribution is 0.0785. The summed E-state index contributed by atoms with van der Waals surface area (Å²) in [6.07, 6.45) is 9.29. The lowest BCUT2D eigenvalue weighted by atomic mass is 9.90. The average Bonchev–Trinajstić information content (AvgIpc) is 3.36. The molecule has 32 heavy (non-hydrogen) atoms. The van der Waals surface area contributed by atoms with Crippen LogP contribution in [0.2, 0.25) is 25.7 Å². The van der Waals surface area contributed by atoms with Gasteiger partial charge in [-0.2, -0.15) is 5.10 Å². The summed E-state index contributed by atoms with van der Waals surface area (Å²) in [4.78, 5) is 22.0. The van der Waals surface area contributed by atoms with Gasteiger partial charge in [0.2, 0.25) is 0 Å². The van der Waals surface area contributed by atoms with Crippen molar-refractivity contribution in [3.05, 3.63) is 22.3 Å². The summed E-state index contributed by atoms with van der Waals surface area (Å²) >= 11 is 1.73. The molecular weight excluding hydrogens is 436 g/mol. The first-order valence-electron chi connectivity index (χ1n) is 12.1. The van der Waals surface area contributed by atoms with Gasteiger partial charge in [0.05, 0.1) is 11.3 Å². The molecule has 2 aromatic rings. The normalized spacial score (nSPS) is 18.1. The van der Waals surface area contributed by atoms with E-state index in [0.29, 0.717) is 19.1 Å². The zero-order valence-electron chi connectivity index (χ0n) is 20.2. The maximum Gasteiger partial charge on any atom is 0.167 e. The van der Waals surface area contributed by atoms with Crippen molar-refractivity contribution >= 4 is 25.2 Å². The number of aryl methyl sites for hydroxylation is 2. The fourth-order valence-corrected chi connectivity index (χ4v) is 6.38. The fraction of sp³-hybridized carbons (Fsp3) is 0.708. The molecule has 0 saturated carbocycles. The third kappa shape index (κ3) is 6.15. The first kappa shape index (κ1) is 23.8. The molecule has 8 heteroatoms. The molecule has 1 aliphatic carbocycles. The number of ketones is 1. The zero-order chi connectivity index (χ0) is 22.7. The summed E-state index contributed by atoms with van der Waals surface area (Å²) in [6.45, 7) is 10.4. The molecule has 2 aliphatic rings. The minimum atomic E-state index is -1.13. The maximum atomic E-state index is 13.4. The molecule has 1 aliphatic heterocycles. The Bertz CT molecular complexity index is 902. The van der Waals surface area contributed by atoms with Crippen molar-refractivity contribution in [3.8, 4) is 10.7 Å². The highest BCUT2D eigenvalue weighted by atomic mass is 32.1. The van der Waals surface area contributed by atoms with E-state index in [0.717, 1.165) is 67.7 Å². The molecule has 0 amide bonds. The van der Waals surface area contributed by atoms with Crippen LogP contribution in [0.5, 0.6) is 0 Å². The lowest BCUT2D eigenvalue weighted by Gasteiger charge is -2.28. The number of ether oxygens (including phenoxy) is 1. The number of fused-ring (bicyclic) bond motifs is 1. The highest BCUT2D eigenvalue weighted by molar-refractivity contribution is 7.15. The van der Waals surface area contributed by atoms with Crippen LogP contribution in [0, 0.1) is 5.92 Å². The molecule has 176 valence electrons. The molecule has 0 spiro atoms. The van der Waals surface area contributed by atoms with E-state index >= 15 is 0 Å². The SMILES string of the molecule is CN1CCC(CC(=O)c2cn(COCC[Si](C)(C)C)nc2-c2nc3c(s2)CCCC3)CC1. The second-order valence-electron chi connectivity index (χ2n) is 10.7. The minimum Gasteiger partial charge on any atom is -0.360 e. The molecule has 3 heterocycles. The lowest BCUT2D eigenvalue weighted by Crippen LogP contribution is -2.31. The van der Waals surface area contributed by atoms with E-state index in [1.165, 1.54) is 23.4 Å². The number of thiazole rings is 1. The molecule has 1 saturated heterocycles. The third-order valence-corrected chi connectivity index (χ3v) is 9.51. The van der Waals surface area contributed by atoms with Gasteiger partial charge in [-0.15, -0.1) is 11.3 Å². The molecule has 1 fully saturated rings. The van der Waals surface area contributed by atoms with Crippen molar-refractivity contribution in [3.63, 3.8) is 0 Å². The minimum absolute atomic E-state index is 0.205. The van der Waals surface area contributed by atoms with E-state index in [1.807, 2.05) is 10.9 Å². The van der Waals surface area contributed by atoms with Gasteiger partial charge in [0.15, 0.2) is 5.78 Å². The molecule has 0 N–H and O–H groups in total. The summed E-state index contributed by atoms with van der Waals surface area (Å²) in [6, 6.07) is 1.13. The predicted octanol–water partition coefficient (Wildman–Crippen LogP) is 5.11. The molecule has 0 unspecified atom stereocenters. The summed E-state index contributed by atoms with van der Waals surface area (Å²) in [5.74, 6) is 0.670. The Hall–Kier alpha value is -1.35. The first-order valence-corrected chi connectivity index (χ1v) is 16.7. The maximum absolute atomic E-state index is 13.4. The van der Waals surface area contributed by atoms with Crippen molar-refractivity contribution in [2.45, 2.75) is 77.4 Å². The quantitative estimate of drug-likeness (QED) is 0.287. The van der Waals surface area contributed by atoms with E-state index < -0.39 is 8.07 Å². The van der Waals surface area contributed by atoms with Gasteiger partial charge in [0.1, 0.15) is 17.4 Å². The van der Waals surface area contributed by atoms with Crippen molar-refractivity contribution in [2.75, 3.05) is 26.7 Å². The van der Waals surface area contributed by atoms with Gasteiger partial charge in [-0.1, -0.05) is 19.6 Å². The monoisotopic (exact) mass is 474 g/mol. The Balaban J connectivity index is 1.52. The molecule has 0 radical (unpaired) electrons. The average molecular weight is 475 g/mol. The number of likely N-dealkylation sites (tertiary alicyclic amines) is 1. The topological polar surface area (TPSA) is 60.2 Å². The number of hydrogen-bond donors (Lipinski definition) is 0. The number of carbonyl (C=O) groups excluding carboxylic acids is 1. The van der Waals surface area contributed by atoms with Crippen LogP contribution in [0.15, 0.2) is 6.20 Å². The van der Waals surface area contributed by atoms with Gasteiger partial charge in [-0.3, -0.25) is 4.79 Å². The molecule has 4 rings (SSSR count). The van der Waals surface area contributed by atoms with Gasteiger partial charge in [0.25, 0.3) is 0 Å². The summed E-state index contributed by atoms with van der Waals surface area (Å²) in [7, 11) is 1.03. The molecular formula is C24H38N4O2SSi. The van der Waals surface area contributed by atoms with Crippen LogP contribution >= 0.6 is 11.3 Å². The zero-order valence-corrected chi connectivity index (χ0v) is 22.0. The van der Waals surface area contributed by atoms with Crippen molar-refractivity contribution in [1.29, 1.82) is 0 Å². The summed E-state index contributed by atoms with van der Waals surface area (Å²) < 4.78 is 7.73. The standard InChI is InChI=1S/C24H38N4O2SSi/c1-27-11-9-18(10-12-27)15-21(29)19-16-28(17-30-13-14-32(2,3)4)26-23(19)24-25-20-7-5-6-8-22(20)31-24/h16,18H,5-15,17H2,1-4H3. The van der Waals surface area contributed by atoms with E-state index in [9.17, 15) is 4.79 Å². The second kappa shape index (κ2) is 10.3. The highest BCUT2D eigenvalue weighted by Crippen LogP contribution is 2.34. The Labute approximate surface area is 197 Å². The Kier molecular flexibility index (Phi) is 7.64. The van der Waals surface area contributed by atoms with Crippen molar-refractivity contribution < 1.29 is 9.53 Å². The smallest absolute Gasteiger partial charge is 0.167 e. The number of nitrogens with zero attached hydrogens (tertiary/aromatic N) is 4. The number of hydrogen-bond acceptors (Lipinski definition) is 6. The number of aromatic nitrogens is 3. The summed E-state index contributed by atoms with van der Waals surface area (Å²) in [5.41, 5.74) is 2.70. The van der Waals surface area contributed by atoms with E-state index in [4.69, 9.17) is 14.8 Å². The molecule has 0 aromatic carbocycles. The molecule has 0 atom stereocenters. The van der Waals surface area contributed by atoms with Crippen LogP contribution in [0.4, 0.5) is 0 Å². The number of Topliss-reactive ketones (excluding diaryl/α,β-unsaturated/α-hetero) is 1. The molecule has 2 aromatic heterocycles. The number of piperidine rings is 1. The van der Waals surface area contributed by atoms with E-state index in [2.05, 4.69) is 31.6 Å². The first-order chi connectivity index (χ1) is 15.3. The van der Waals surface area contributed by atoms with E-state index in [-0.39, 0.29) is 5.78 Å². The Morgan fingerprint density at radius 2 is 1.97 bits per heavy atom. The summed E-state index contributed by atoms with van der Waals surface area (Å²) in [5, 5.41) is 5.71. The number of carbonyl (C=O) groups is 1. The van der Waals surface area contributed by atoms with Crippen LogP contribution in [0.1, 0.15) is 53.0 Å². The predicted molar refractivity (Wildman–Crippen MR) is 133 cm³/mol. The Morgan fingerprint density at radius 3 is 2.69 bits per heavy atom. The van der Waals surface area contributed by atoms with Crippen LogP contribution in [-0.2, 0) is 24.3 Å². The van der Waals surface area contributed by atoms with Gasteiger partial charge < -0.3 is 9.64 Å². The van der Waals surface area contributed by atoms with Gasteiger partial charge >= 0.3 is 0 Å². The van der Waals surface area contributed by atoms with Gasteiger partial charge in [-0.05, 0) is 70.6 Å². The van der Waals surface area contributed by atoms with Crippen molar-refractivity contribution in [1.82, 2.24) is 19.7 Å². The molecule has 0 bridgehead atoms. The van der Waals surface area contributed by atoms with Crippen molar-refractivity contribution in [2.24, 2.45) is 5.92 Å². The Morgan fingerprint density at radius 1 is 1.22 bits per heavy atom. The fourth-order valence-electron chi connectivity index (χ4n) is 4.48. The molecule has 6 nitrogen and oxygen atoms in total. The van der Waals surface area contributed by atoms with Crippen LogP contribution in [0.25, 0.3) is 10.7 Å². The largest absolute Gasteiger partial charge is 0.360 e. The number of rotatable bonds is 9. The van der Waals surface area contributed by atoms with Crippen LogP contribution in [-0.4, -0.2) is 60.3 Å². The van der Waals surface area contributed by atoms with E-state index in [1.54, 1.807) is 11.3 Å².